The molecule has 0 saturated carbocycles. The van der Waals surface area contributed by atoms with Crippen molar-refractivity contribution in [3.8, 4) is 11.5 Å². The molecule has 0 fully saturated rings. The summed E-state index contributed by atoms with van der Waals surface area (Å²) in [6.07, 6.45) is 0.746. The summed E-state index contributed by atoms with van der Waals surface area (Å²) >= 11 is 0. The topological polar surface area (TPSA) is 90.7 Å². The van der Waals surface area contributed by atoms with Gasteiger partial charge in [0, 0.05) is 18.6 Å². The normalized spacial score (nSPS) is 11.0. The lowest BCUT2D eigenvalue weighted by Gasteiger charge is -2.19. The first kappa shape index (κ1) is 21.2. The number of nitro groups is 1. The van der Waals surface area contributed by atoms with Crippen molar-refractivity contribution in [3.63, 3.8) is 0 Å². The summed E-state index contributed by atoms with van der Waals surface area (Å²) < 4.78 is 10.8. The molecular weight excluding hydrogens is 360 g/mol. The van der Waals surface area contributed by atoms with Crippen LogP contribution in [0.1, 0.15) is 39.2 Å². The van der Waals surface area contributed by atoms with E-state index in [-0.39, 0.29) is 29.1 Å². The molecule has 7 nitrogen and oxygen atoms in total. The second-order valence-electron chi connectivity index (χ2n) is 7.42. The Kier molecular flexibility index (Phi) is 6.98. The number of methoxy groups -OCH3 is 1. The third-order valence-corrected chi connectivity index (χ3v) is 4.21. The third-order valence-electron chi connectivity index (χ3n) is 4.21. The van der Waals surface area contributed by atoms with Crippen LogP contribution in [0.4, 0.5) is 11.4 Å². The van der Waals surface area contributed by atoms with Crippen molar-refractivity contribution in [2.45, 2.75) is 39.0 Å². The molecule has 0 heterocycles. The van der Waals surface area contributed by atoms with Crippen LogP contribution in [-0.4, -0.2) is 24.5 Å². The van der Waals surface area contributed by atoms with Gasteiger partial charge in [0.15, 0.2) is 0 Å². The first-order valence-electron chi connectivity index (χ1n) is 9.06. The van der Waals surface area contributed by atoms with Crippen LogP contribution in [0, 0.1) is 10.1 Å². The maximum Gasteiger partial charge on any atom is 0.271 e. The smallest absolute Gasteiger partial charge is 0.271 e. The Bertz CT molecular complexity index is 826. The van der Waals surface area contributed by atoms with Crippen LogP contribution in [0.5, 0.6) is 11.5 Å². The quantitative estimate of drug-likeness (QED) is 0.403. The van der Waals surface area contributed by atoms with Gasteiger partial charge in [0.05, 0.1) is 24.3 Å². The van der Waals surface area contributed by atoms with E-state index in [2.05, 4.69) is 26.1 Å². The molecule has 0 spiro atoms. The largest absolute Gasteiger partial charge is 0.495 e. The lowest BCUT2D eigenvalue weighted by atomic mass is 9.87. The van der Waals surface area contributed by atoms with Crippen LogP contribution in [0.2, 0.25) is 0 Å². The number of nitrogens with one attached hydrogen (secondary N) is 1. The maximum absolute atomic E-state index is 12.1. The van der Waals surface area contributed by atoms with Gasteiger partial charge in [-0.1, -0.05) is 32.9 Å². The molecule has 1 N–H and O–H groups in total. The van der Waals surface area contributed by atoms with Gasteiger partial charge >= 0.3 is 0 Å². The van der Waals surface area contributed by atoms with E-state index in [1.54, 1.807) is 0 Å². The molecule has 0 radical (unpaired) electrons. The van der Waals surface area contributed by atoms with Crippen LogP contribution in [0.3, 0.4) is 0 Å². The van der Waals surface area contributed by atoms with E-state index >= 15 is 0 Å². The van der Waals surface area contributed by atoms with Gasteiger partial charge in [-0.15, -0.1) is 0 Å². The lowest BCUT2D eigenvalue weighted by molar-refractivity contribution is -0.384. The van der Waals surface area contributed by atoms with E-state index in [9.17, 15) is 14.9 Å². The van der Waals surface area contributed by atoms with E-state index in [4.69, 9.17) is 9.47 Å². The maximum atomic E-state index is 12.1. The molecule has 2 aromatic carbocycles. The summed E-state index contributed by atoms with van der Waals surface area (Å²) in [4.78, 5) is 22.5. The molecule has 0 bridgehead atoms. The SMILES string of the molecule is COc1ccc([N+](=O)[O-])cc1NC(=O)CCCOc1ccc(C(C)(C)C)cc1. The van der Waals surface area contributed by atoms with Gasteiger partial charge in [0.25, 0.3) is 5.69 Å². The molecule has 150 valence electrons. The average molecular weight is 386 g/mol. The van der Waals surface area contributed by atoms with Crippen LogP contribution in [0.15, 0.2) is 42.5 Å². The number of benzene rings is 2. The van der Waals surface area contributed by atoms with Crippen LogP contribution in [0.25, 0.3) is 0 Å². The molecule has 2 rings (SSSR count). The van der Waals surface area contributed by atoms with Crippen molar-refractivity contribution >= 4 is 17.3 Å². The van der Waals surface area contributed by atoms with Gasteiger partial charge in [0.2, 0.25) is 5.91 Å². The van der Waals surface area contributed by atoms with E-state index in [0.29, 0.717) is 18.8 Å². The fourth-order valence-electron chi connectivity index (χ4n) is 2.59. The number of nitrogens with zero attached hydrogens (tertiary/aromatic N) is 1. The minimum atomic E-state index is -0.520. The fourth-order valence-corrected chi connectivity index (χ4v) is 2.59. The van der Waals surface area contributed by atoms with Crippen LogP contribution >= 0.6 is 0 Å². The van der Waals surface area contributed by atoms with Gasteiger partial charge < -0.3 is 14.8 Å². The summed E-state index contributed by atoms with van der Waals surface area (Å²) in [5.41, 5.74) is 1.48. The molecule has 0 aromatic heterocycles. The number of anilines is 1. The van der Waals surface area contributed by atoms with Gasteiger partial charge in [0.1, 0.15) is 11.5 Å². The van der Waals surface area contributed by atoms with Gasteiger partial charge in [-0.2, -0.15) is 0 Å². The van der Waals surface area contributed by atoms with Crippen molar-refractivity contribution in [1.82, 2.24) is 0 Å². The number of hydrogen-bond acceptors (Lipinski definition) is 5. The summed E-state index contributed by atoms with van der Waals surface area (Å²) in [5, 5.41) is 13.6. The highest BCUT2D eigenvalue weighted by atomic mass is 16.6. The zero-order valence-corrected chi connectivity index (χ0v) is 16.7. The standard InChI is InChI=1S/C21H26N2O5/c1-21(2,3)15-7-10-17(11-8-15)28-13-5-6-20(24)22-18-14-16(23(25)26)9-12-19(18)27-4/h7-12,14H,5-6,13H2,1-4H3,(H,22,24). The molecule has 1 amide bonds. The van der Waals surface area contributed by atoms with Gasteiger partial charge in [-0.3, -0.25) is 14.9 Å². The average Bonchev–Trinajstić information content (AvgIpc) is 2.64. The Hall–Kier alpha value is -3.09. The summed E-state index contributed by atoms with van der Waals surface area (Å²) in [5.74, 6) is 0.869. The van der Waals surface area contributed by atoms with Gasteiger partial charge in [-0.25, -0.2) is 0 Å². The van der Waals surface area contributed by atoms with E-state index in [1.165, 1.54) is 30.9 Å². The van der Waals surface area contributed by atoms with Crippen molar-refractivity contribution in [2.75, 3.05) is 19.0 Å². The van der Waals surface area contributed by atoms with E-state index < -0.39 is 4.92 Å². The summed E-state index contributed by atoms with van der Waals surface area (Å²) in [6.45, 7) is 6.85. The Balaban J connectivity index is 1.83. The highest BCUT2D eigenvalue weighted by Crippen LogP contribution is 2.29. The molecule has 0 aliphatic heterocycles. The number of carbonyl (C=O) groups is 1. The number of rotatable bonds is 8. The zero-order valence-electron chi connectivity index (χ0n) is 16.7. The monoisotopic (exact) mass is 386 g/mol. The molecule has 0 atom stereocenters. The highest BCUT2D eigenvalue weighted by Gasteiger charge is 2.14. The van der Waals surface area contributed by atoms with Crippen molar-refractivity contribution < 1.29 is 19.2 Å². The molecule has 0 unspecified atom stereocenters. The first-order valence-corrected chi connectivity index (χ1v) is 9.06. The molecule has 2 aromatic rings. The van der Waals surface area contributed by atoms with E-state index in [1.807, 2.05) is 24.3 Å². The fraction of sp³-hybridized carbons (Fsp3) is 0.381. The zero-order chi connectivity index (χ0) is 20.7. The summed E-state index contributed by atoms with van der Waals surface area (Å²) in [7, 11) is 1.44. The number of ether oxygens (including phenoxy) is 2. The number of carbonyl (C=O) groups excluding carboxylic acids is 1. The lowest BCUT2D eigenvalue weighted by Crippen LogP contribution is -2.14. The van der Waals surface area contributed by atoms with E-state index in [0.717, 1.165) is 5.75 Å². The van der Waals surface area contributed by atoms with Crippen molar-refractivity contribution in [1.29, 1.82) is 0 Å². The molecular formula is C21H26N2O5. The molecule has 7 heteroatoms. The predicted octanol–water partition coefficient (Wildman–Crippen LogP) is 4.70. The second-order valence-corrected chi connectivity index (χ2v) is 7.42. The van der Waals surface area contributed by atoms with Crippen molar-refractivity contribution in [2.24, 2.45) is 0 Å². The number of amides is 1. The van der Waals surface area contributed by atoms with Crippen molar-refractivity contribution in [3.05, 3.63) is 58.1 Å². The third kappa shape index (κ3) is 5.97. The number of nitro benzene ring substituents is 1. The molecule has 0 aliphatic carbocycles. The highest BCUT2D eigenvalue weighted by molar-refractivity contribution is 5.92. The Labute approximate surface area is 164 Å². The number of hydrogen-bond donors (Lipinski definition) is 1. The minimum Gasteiger partial charge on any atom is -0.495 e. The summed E-state index contributed by atoms with van der Waals surface area (Å²) in [6, 6.07) is 12.0. The first-order chi connectivity index (χ1) is 13.2. The molecule has 0 saturated heterocycles. The minimum absolute atomic E-state index is 0.0875. The van der Waals surface area contributed by atoms with Gasteiger partial charge in [-0.05, 0) is 35.6 Å². The molecule has 28 heavy (non-hydrogen) atoms. The number of non-ortho nitro benzene ring substituents is 1. The van der Waals surface area contributed by atoms with Crippen LogP contribution in [-0.2, 0) is 10.2 Å². The second kappa shape index (κ2) is 9.21. The molecule has 0 aliphatic rings. The van der Waals surface area contributed by atoms with Crippen LogP contribution < -0.4 is 14.8 Å². The Morgan fingerprint density at radius 1 is 1.14 bits per heavy atom. The predicted molar refractivity (Wildman–Crippen MR) is 108 cm³/mol. The Morgan fingerprint density at radius 2 is 1.82 bits per heavy atom. The Morgan fingerprint density at radius 3 is 2.39 bits per heavy atom.